The molecule has 0 aliphatic rings. The summed E-state index contributed by atoms with van der Waals surface area (Å²) in [7, 11) is 0. The molecule has 0 radical (unpaired) electrons. The van der Waals surface area contributed by atoms with Crippen molar-refractivity contribution in [1.82, 2.24) is 0 Å². The first-order chi connectivity index (χ1) is 8.31. The molecule has 17 heavy (non-hydrogen) atoms. The zero-order chi connectivity index (χ0) is 12.8. The van der Waals surface area contributed by atoms with Crippen LogP contribution in [0.25, 0.3) is 0 Å². The van der Waals surface area contributed by atoms with E-state index in [0.29, 0.717) is 6.61 Å². The minimum atomic E-state index is -0.0680. The van der Waals surface area contributed by atoms with Gasteiger partial charge in [-0.3, -0.25) is 0 Å². The lowest BCUT2D eigenvalue weighted by Crippen LogP contribution is -2.03. The van der Waals surface area contributed by atoms with Crippen LogP contribution in [0.3, 0.4) is 0 Å². The summed E-state index contributed by atoms with van der Waals surface area (Å²) in [6.45, 7) is 2.39. The lowest BCUT2D eigenvalue weighted by molar-refractivity contribution is 0.156. The van der Waals surface area contributed by atoms with Gasteiger partial charge in [-0.2, -0.15) is 0 Å². The molecule has 0 bridgehead atoms. The molecular weight excluding hydrogens is 212 g/mol. The Hall–Kier alpha value is -0.0800. The maximum absolute atomic E-state index is 9.38. The molecule has 0 fully saturated rings. The zero-order valence-corrected chi connectivity index (χ0v) is 11.7. The molecule has 0 aliphatic carbocycles. The molecule has 0 aromatic heterocycles. The van der Waals surface area contributed by atoms with E-state index in [1.54, 1.807) is 0 Å². The van der Waals surface area contributed by atoms with Crippen molar-refractivity contribution < 1.29 is 10.2 Å². The predicted octanol–water partition coefficient (Wildman–Crippen LogP) is 4.04. The van der Waals surface area contributed by atoms with E-state index < -0.39 is 0 Å². The normalized spacial score (nSPS) is 12.9. The van der Waals surface area contributed by atoms with Crippen LogP contribution in [0.1, 0.15) is 84.0 Å². The van der Waals surface area contributed by atoms with E-state index >= 15 is 0 Å². The third kappa shape index (κ3) is 13.9. The summed E-state index contributed by atoms with van der Waals surface area (Å²) in [6, 6.07) is 0. The van der Waals surface area contributed by atoms with Gasteiger partial charge in [0.15, 0.2) is 0 Å². The minimum absolute atomic E-state index is 0.0680. The Bertz CT molecular complexity index is 137. The molecule has 104 valence electrons. The fourth-order valence-electron chi connectivity index (χ4n) is 2.11. The Morgan fingerprint density at radius 1 is 0.706 bits per heavy atom. The van der Waals surface area contributed by atoms with E-state index in [-0.39, 0.29) is 6.10 Å². The van der Waals surface area contributed by atoms with Crippen molar-refractivity contribution in [3.05, 3.63) is 0 Å². The molecule has 2 heteroatoms. The topological polar surface area (TPSA) is 40.5 Å². The van der Waals surface area contributed by atoms with Gasteiger partial charge < -0.3 is 10.2 Å². The van der Waals surface area contributed by atoms with E-state index in [1.165, 1.54) is 57.8 Å². The summed E-state index contributed by atoms with van der Waals surface area (Å²) in [4.78, 5) is 0. The van der Waals surface area contributed by atoms with Crippen molar-refractivity contribution in [2.75, 3.05) is 6.61 Å². The summed E-state index contributed by atoms with van der Waals surface area (Å²) in [5.41, 5.74) is 0. The van der Waals surface area contributed by atoms with Gasteiger partial charge in [-0.05, 0) is 19.3 Å². The molecule has 0 saturated carbocycles. The van der Waals surface area contributed by atoms with E-state index in [4.69, 9.17) is 5.11 Å². The van der Waals surface area contributed by atoms with Gasteiger partial charge in [-0.1, -0.05) is 64.7 Å². The van der Waals surface area contributed by atoms with Gasteiger partial charge in [0.25, 0.3) is 0 Å². The van der Waals surface area contributed by atoms with Gasteiger partial charge in [0.1, 0.15) is 0 Å². The average molecular weight is 244 g/mol. The minimum Gasteiger partial charge on any atom is -0.396 e. The number of unbranched alkanes of at least 4 members (excludes halogenated alkanes) is 9. The first-order valence-corrected chi connectivity index (χ1v) is 7.60. The standard InChI is InChI=1S/C15H32O2/c1-2-15(17)13-11-9-7-5-3-4-6-8-10-12-14-16/h15-17H,2-14H2,1H3. The van der Waals surface area contributed by atoms with Crippen LogP contribution < -0.4 is 0 Å². The van der Waals surface area contributed by atoms with E-state index in [9.17, 15) is 5.11 Å². The average Bonchev–Trinajstić information content (AvgIpc) is 2.35. The van der Waals surface area contributed by atoms with Gasteiger partial charge in [0.2, 0.25) is 0 Å². The largest absolute Gasteiger partial charge is 0.396 e. The maximum Gasteiger partial charge on any atom is 0.0537 e. The van der Waals surface area contributed by atoms with Crippen LogP contribution in [0.2, 0.25) is 0 Å². The molecule has 0 amide bonds. The number of aliphatic hydroxyl groups excluding tert-OH is 2. The molecule has 0 heterocycles. The van der Waals surface area contributed by atoms with Crippen molar-refractivity contribution in [3.8, 4) is 0 Å². The number of hydrogen-bond acceptors (Lipinski definition) is 2. The third-order valence-electron chi connectivity index (χ3n) is 3.42. The quantitative estimate of drug-likeness (QED) is 0.480. The summed E-state index contributed by atoms with van der Waals surface area (Å²) in [6.07, 6.45) is 14.4. The second-order valence-electron chi connectivity index (χ2n) is 5.11. The second-order valence-corrected chi connectivity index (χ2v) is 5.11. The van der Waals surface area contributed by atoms with Crippen molar-refractivity contribution in [2.45, 2.75) is 90.1 Å². The molecule has 1 unspecified atom stereocenters. The van der Waals surface area contributed by atoms with Crippen LogP contribution in [0, 0.1) is 0 Å². The monoisotopic (exact) mass is 244 g/mol. The summed E-state index contributed by atoms with van der Waals surface area (Å²) >= 11 is 0. The summed E-state index contributed by atoms with van der Waals surface area (Å²) < 4.78 is 0. The maximum atomic E-state index is 9.38. The molecule has 0 aliphatic heterocycles. The van der Waals surface area contributed by atoms with Crippen LogP contribution >= 0.6 is 0 Å². The predicted molar refractivity (Wildman–Crippen MR) is 74.2 cm³/mol. The highest BCUT2D eigenvalue weighted by Gasteiger charge is 1.99. The van der Waals surface area contributed by atoms with E-state index in [1.807, 2.05) is 6.92 Å². The molecule has 0 spiro atoms. The molecule has 1 atom stereocenters. The van der Waals surface area contributed by atoms with Crippen molar-refractivity contribution in [3.63, 3.8) is 0 Å². The van der Waals surface area contributed by atoms with Crippen LogP contribution in [-0.2, 0) is 0 Å². The third-order valence-corrected chi connectivity index (χ3v) is 3.42. The molecule has 0 aromatic carbocycles. The number of rotatable bonds is 13. The fraction of sp³-hybridized carbons (Fsp3) is 1.00. The van der Waals surface area contributed by atoms with E-state index in [0.717, 1.165) is 19.3 Å². The molecule has 0 saturated heterocycles. The van der Waals surface area contributed by atoms with Crippen LogP contribution in [-0.4, -0.2) is 22.9 Å². The molecule has 0 aromatic rings. The first-order valence-electron chi connectivity index (χ1n) is 7.60. The number of aliphatic hydroxyl groups is 2. The second kappa shape index (κ2) is 14.0. The Labute approximate surface area is 107 Å². The highest BCUT2D eigenvalue weighted by Crippen LogP contribution is 2.12. The van der Waals surface area contributed by atoms with Crippen molar-refractivity contribution >= 4 is 0 Å². The lowest BCUT2D eigenvalue weighted by Gasteiger charge is -2.06. The smallest absolute Gasteiger partial charge is 0.0537 e. The van der Waals surface area contributed by atoms with Gasteiger partial charge in [0, 0.05) is 6.61 Å². The van der Waals surface area contributed by atoms with Crippen molar-refractivity contribution in [2.24, 2.45) is 0 Å². The molecule has 2 nitrogen and oxygen atoms in total. The van der Waals surface area contributed by atoms with E-state index in [2.05, 4.69) is 0 Å². The first kappa shape index (κ1) is 16.9. The van der Waals surface area contributed by atoms with Crippen LogP contribution in [0.4, 0.5) is 0 Å². The van der Waals surface area contributed by atoms with Gasteiger partial charge in [0.05, 0.1) is 6.10 Å². The van der Waals surface area contributed by atoms with Crippen LogP contribution in [0.5, 0.6) is 0 Å². The summed E-state index contributed by atoms with van der Waals surface area (Å²) in [5.74, 6) is 0. The molecular formula is C15H32O2. The summed E-state index contributed by atoms with van der Waals surface area (Å²) in [5, 5.41) is 18.0. The SMILES string of the molecule is CCC(O)CCCCCCCCCCCCO. The highest BCUT2D eigenvalue weighted by molar-refractivity contribution is 4.53. The van der Waals surface area contributed by atoms with Gasteiger partial charge in [-0.15, -0.1) is 0 Å². The Morgan fingerprint density at radius 3 is 1.53 bits per heavy atom. The van der Waals surface area contributed by atoms with Crippen LogP contribution in [0.15, 0.2) is 0 Å². The number of hydrogen-bond donors (Lipinski definition) is 2. The molecule has 2 N–H and O–H groups in total. The zero-order valence-electron chi connectivity index (χ0n) is 11.7. The highest BCUT2D eigenvalue weighted by atomic mass is 16.3. The van der Waals surface area contributed by atoms with Crippen molar-refractivity contribution in [1.29, 1.82) is 0 Å². The Kier molecular flexibility index (Phi) is 13.9. The lowest BCUT2D eigenvalue weighted by atomic mass is 10.0. The van der Waals surface area contributed by atoms with Gasteiger partial charge in [-0.25, -0.2) is 0 Å². The Balaban J connectivity index is 2.94. The molecule has 0 rings (SSSR count). The van der Waals surface area contributed by atoms with Gasteiger partial charge >= 0.3 is 0 Å². The Morgan fingerprint density at radius 2 is 1.12 bits per heavy atom. The fourth-order valence-corrected chi connectivity index (χ4v) is 2.11.